The molecule has 232 valence electrons. The number of fused-ring (bicyclic) bond motifs is 7. The molecule has 0 atom stereocenters. The van der Waals surface area contributed by atoms with Gasteiger partial charge in [-0.05, 0) is 48.0 Å². The Kier molecular flexibility index (Phi) is 6.41. The fraction of sp³-hybridized carbons (Fsp3) is 0. The van der Waals surface area contributed by atoms with Crippen molar-refractivity contribution in [2.75, 3.05) is 0 Å². The Labute approximate surface area is 288 Å². The third-order valence-electron chi connectivity index (χ3n) is 9.74. The van der Waals surface area contributed by atoms with Crippen molar-refractivity contribution in [2.45, 2.75) is 0 Å². The van der Waals surface area contributed by atoms with Gasteiger partial charge >= 0.3 is 11.4 Å². The van der Waals surface area contributed by atoms with Crippen LogP contribution < -0.4 is 4.67 Å². The van der Waals surface area contributed by atoms with Crippen LogP contribution in [-0.4, -0.2) is 26.0 Å². The Morgan fingerprint density at radius 3 is 2.00 bits per heavy atom. The van der Waals surface area contributed by atoms with E-state index in [0.29, 0.717) is 0 Å². The molecule has 1 aliphatic rings. The molecule has 0 amide bonds. The van der Waals surface area contributed by atoms with Crippen LogP contribution in [0.5, 0.6) is 0 Å². The van der Waals surface area contributed by atoms with Crippen LogP contribution in [0.1, 0.15) is 11.3 Å². The summed E-state index contributed by atoms with van der Waals surface area (Å²) in [6.45, 7) is 0. The molecular weight excluding hydrogens is 609 g/mol. The number of rotatable bonds is 5. The van der Waals surface area contributed by atoms with Crippen molar-refractivity contribution in [1.82, 2.24) is 19.2 Å². The number of hydrogen-bond donors (Lipinski definition) is 0. The van der Waals surface area contributed by atoms with Gasteiger partial charge in [0, 0.05) is 62.1 Å². The number of para-hydroxylation sites is 3. The van der Waals surface area contributed by atoms with Gasteiger partial charge in [0.15, 0.2) is 5.69 Å². The zero-order valence-electron chi connectivity index (χ0n) is 27.0. The lowest BCUT2D eigenvalue weighted by Gasteiger charge is -2.16. The van der Waals surface area contributed by atoms with E-state index in [0.717, 1.165) is 67.0 Å². The molecule has 0 bridgehead atoms. The summed E-state index contributed by atoms with van der Waals surface area (Å²) in [5.74, 6) is 0. The quantitative estimate of drug-likeness (QED) is 0.139. The number of nitrogens with zero attached hydrogens (tertiary/aromatic N) is 4. The predicted octanol–water partition coefficient (Wildman–Crippen LogP) is 10.1. The van der Waals surface area contributed by atoms with E-state index in [1.807, 2.05) is 24.3 Å². The number of aromatic nitrogens is 3. The van der Waals surface area contributed by atoms with Crippen molar-refractivity contribution in [3.63, 3.8) is 0 Å². The first-order chi connectivity index (χ1) is 24.8. The van der Waals surface area contributed by atoms with Crippen LogP contribution in [-0.2, 0) is 0 Å². The molecule has 0 fully saturated rings. The number of benzene rings is 6. The molecule has 4 heteroatoms. The van der Waals surface area contributed by atoms with Gasteiger partial charge in [0.2, 0.25) is 0 Å². The van der Waals surface area contributed by atoms with Crippen LogP contribution in [0.15, 0.2) is 176 Å². The Morgan fingerprint density at radius 2 is 1.18 bits per heavy atom. The zero-order chi connectivity index (χ0) is 33.0. The number of allylic oxidation sites excluding steroid dienone is 2. The van der Waals surface area contributed by atoms with Gasteiger partial charge in [-0.15, -0.1) is 0 Å². The van der Waals surface area contributed by atoms with Gasteiger partial charge in [0.1, 0.15) is 0 Å². The van der Waals surface area contributed by atoms with Gasteiger partial charge in [-0.2, -0.15) is 0 Å². The van der Waals surface area contributed by atoms with E-state index >= 15 is 0 Å². The summed E-state index contributed by atoms with van der Waals surface area (Å²) in [4.78, 5) is 9.97. The fourth-order valence-electron chi connectivity index (χ4n) is 7.46. The maximum absolute atomic E-state index is 5.50. The molecule has 0 aliphatic carbocycles. The molecule has 0 saturated heterocycles. The first-order valence-corrected chi connectivity index (χ1v) is 16.9. The summed E-state index contributed by atoms with van der Waals surface area (Å²) in [5, 5.41) is 5.93. The highest BCUT2D eigenvalue weighted by Crippen LogP contribution is 2.43. The summed E-state index contributed by atoms with van der Waals surface area (Å²) in [6.07, 6.45) is 5.90. The topological polar surface area (TPSA) is 44.8 Å². The van der Waals surface area contributed by atoms with E-state index in [1.54, 1.807) is 6.20 Å². The van der Waals surface area contributed by atoms with Gasteiger partial charge in [0.05, 0.1) is 27.8 Å². The summed E-state index contributed by atoms with van der Waals surface area (Å²) >= 11 is 0. The van der Waals surface area contributed by atoms with Gasteiger partial charge in [-0.1, -0.05) is 120 Å². The third kappa shape index (κ3) is 4.44. The highest BCUT2D eigenvalue weighted by molar-refractivity contribution is 6.28. The van der Waals surface area contributed by atoms with E-state index in [2.05, 4.69) is 155 Å². The van der Waals surface area contributed by atoms with E-state index in [4.69, 9.17) is 9.65 Å². The average Bonchev–Trinajstić information content (AvgIpc) is 3.82. The maximum Gasteiger partial charge on any atom is 0.353 e. The van der Waals surface area contributed by atoms with Gasteiger partial charge in [-0.3, -0.25) is 0 Å². The second-order valence-electron chi connectivity index (χ2n) is 12.6. The van der Waals surface area contributed by atoms with E-state index < -0.39 is 0 Å². The van der Waals surface area contributed by atoms with Crippen LogP contribution in [0.2, 0.25) is 0 Å². The smallest absolute Gasteiger partial charge is 0.309 e. The van der Waals surface area contributed by atoms with Gasteiger partial charge in [-0.25, -0.2) is 9.97 Å². The van der Waals surface area contributed by atoms with Crippen molar-refractivity contribution >= 4 is 54.9 Å². The standard InChI is InChI=1S/C46H29N4/c1-3-12-32(13-4-1)44-38-26-25-36-35-16-7-8-20-42(35)50(33-14-5-2-6-15-33)46(36)43(38)37-18-11-17-34(45(37)49-44)30-21-23-31(24-22-30)39-27-28-41(48-39)40-19-9-10-29-47-40/h1-29H/q+1. The van der Waals surface area contributed by atoms with E-state index in [1.165, 1.54) is 27.2 Å². The van der Waals surface area contributed by atoms with Crippen LogP contribution >= 0.6 is 0 Å². The molecule has 0 unspecified atom stereocenters. The molecule has 0 N–H and O–H groups in total. The minimum absolute atomic E-state index is 0.874. The molecule has 4 nitrogen and oxygen atoms in total. The van der Waals surface area contributed by atoms with Crippen LogP contribution in [0.4, 0.5) is 0 Å². The molecule has 3 aromatic heterocycles. The van der Waals surface area contributed by atoms with Crippen LogP contribution in [0.25, 0.3) is 71.6 Å². The zero-order valence-corrected chi connectivity index (χ0v) is 27.0. The minimum atomic E-state index is 0.874. The highest BCUT2D eigenvalue weighted by atomic mass is 15.0. The molecule has 0 spiro atoms. The average molecular weight is 638 g/mol. The molecular formula is C46H29N4+. The van der Waals surface area contributed by atoms with Crippen molar-refractivity contribution in [3.05, 3.63) is 187 Å². The van der Waals surface area contributed by atoms with Crippen molar-refractivity contribution in [2.24, 2.45) is 0 Å². The van der Waals surface area contributed by atoms with E-state index in [-0.39, 0.29) is 0 Å². The molecule has 6 aromatic carbocycles. The lowest BCUT2D eigenvalue weighted by atomic mass is 9.94. The molecule has 50 heavy (non-hydrogen) atoms. The van der Waals surface area contributed by atoms with Crippen molar-refractivity contribution in [3.8, 4) is 28.1 Å². The molecule has 4 heterocycles. The monoisotopic (exact) mass is 637 g/mol. The third-order valence-corrected chi connectivity index (χ3v) is 9.74. The van der Waals surface area contributed by atoms with Crippen LogP contribution in [0.3, 0.4) is 0 Å². The van der Waals surface area contributed by atoms with Gasteiger partial charge in [0.25, 0.3) is 0 Å². The summed E-state index contributed by atoms with van der Waals surface area (Å²) < 4.78 is 7.31. The molecule has 10 rings (SSSR count). The Balaban J connectivity index is 1.25. The molecule has 0 radical (unpaired) electrons. The highest BCUT2D eigenvalue weighted by Gasteiger charge is 2.23. The first-order valence-electron chi connectivity index (χ1n) is 16.9. The molecule has 1 aliphatic heterocycles. The first kappa shape index (κ1) is 28.2. The Morgan fingerprint density at radius 1 is 0.480 bits per heavy atom. The molecule has 0 saturated carbocycles. The fourth-order valence-corrected chi connectivity index (χ4v) is 7.46. The predicted molar refractivity (Wildman–Crippen MR) is 208 cm³/mol. The van der Waals surface area contributed by atoms with Gasteiger partial charge < -0.3 is 4.57 Å². The van der Waals surface area contributed by atoms with E-state index in [9.17, 15) is 0 Å². The second-order valence-corrected chi connectivity index (χ2v) is 12.6. The lowest BCUT2D eigenvalue weighted by Crippen LogP contribution is -2.03. The summed E-state index contributed by atoms with van der Waals surface area (Å²) in [6, 6.07) is 55.7. The Hall–Kier alpha value is -6.87. The van der Waals surface area contributed by atoms with Crippen molar-refractivity contribution < 1.29 is 0 Å². The summed E-state index contributed by atoms with van der Waals surface area (Å²) in [5.41, 5.74) is 12.5. The normalized spacial score (nSPS) is 12.6. The SMILES string of the molecule is C1=CC(c2ccccn2)=[N+]=C1c1ccc(-c2cccc3c2nc(-c2ccccc2)c2ccc4c5ccccc5n(-c5ccccc5)c4c23)cc1. The maximum atomic E-state index is 5.50. The van der Waals surface area contributed by atoms with Crippen molar-refractivity contribution in [1.29, 1.82) is 0 Å². The Bertz CT molecular complexity index is 2860. The largest absolute Gasteiger partial charge is 0.353 e. The van der Waals surface area contributed by atoms with Crippen LogP contribution in [0, 0.1) is 0 Å². The minimum Gasteiger partial charge on any atom is -0.309 e. The molecule has 9 aromatic rings. The second kappa shape index (κ2) is 11.4. The lowest BCUT2D eigenvalue weighted by molar-refractivity contribution is 1.19. The number of hydrogen-bond acceptors (Lipinski definition) is 2. The summed E-state index contributed by atoms with van der Waals surface area (Å²) in [7, 11) is 0. The number of pyridine rings is 2.